The molecule has 122 valence electrons. The number of allylic oxidation sites excluding steroid dienone is 2. The molecule has 1 heterocycles. The number of nitrogens with zero attached hydrogens (tertiary/aromatic N) is 1. The van der Waals surface area contributed by atoms with E-state index >= 15 is 0 Å². The van der Waals surface area contributed by atoms with E-state index in [0.717, 1.165) is 5.56 Å². The molecule has 1 atom stereocenters. The molecule has 0 radical (unpaired) electrons. The third kappa shape index (κ3) is 2.99. The molecule has 0 bridgehead atoms. The van der Waals surface area contributed by atoms with Crippen molar-refractivity contribution in [2.45, 2.75) is 38.6 Å². The van der Waals surface area contributed by atoms with Gasteiger partial charge in [-0.2, -0.15) is 0 Å². The number of carbonyl (C=O) groups is 2. The number of hydrogen-bond donors (Lipinski definition) is 2. The maximum absolute atomic E-state index is 12.3. The van der Waals surface area contributed by atoms with Gasteiger partial charge in [-0.1, -0.05) is 12.2 Å². The maximum atomic E-state index is 12.3. The number of anilines is 1. The van der Waals surface area contributed by atoms with Gasteiger partial charge in [0, 0.05) is 17.7 Å². The molecule has 1 aliphatic rings. The Hall–Kier alpha value is -2.56. The van der Waals surface area contributed by atoms with E-state index in [1.54, 1.807) is 18.2 Å². The summed E-state index contributed by atoms with van der Waals surface area (Å²) in [5.41, 5.74) is 2.74. The maximum Gasteiger partial charge on any atom is 0.326 e. The molecule has 0 saturated heterocycles. The van der Waals surface area contributed by atoms with Crippen molar-refractivity contribution in [3.05, 3.63) is 48.1 Å². The third-order valence-corrected chi connectivity index (χ3v) is 4.15. The van der Waals surface area contributed by atoms with Crippen LogP contribution in [0.5, 0.6) is 5.75 Å². The number of rotatable bonds is 6. The van der Waals surface area contributed by atoms with Crippen LogP contribution in [0, 0.1) is 0 Å². The van der Waals surface area contributed by atoms with Crippen LogP contribution >= 0.6 is 0 Å². The Kier molecular flexibility index (Phi) is 4.89. The van der Waals surface area contributed by atoms with Crippen LogP contribution in [0.1, 0.15) is 30.0 Å². The van der Waals surface area contributed by atoms with Crippen molar-refractivity contribution in [2.75, 3.05) is 4.90 Å². The van der Waals surface area contributed by atoms with Crippen LogP contribution in [0.3, 0.4) is 0 Å². The van der Waals surface area contributed by atoms with E-state index in [9.17, 15) is 19.8 Å². The van der Waals surface area contributed by atoms with E-state index in [1.807, 2.05) is 0 Å². The lowest BCUT2D eigenvalue weighted by atomic mass is 9.89. The summed E-state index contributed by atoms with van der Waals surface area (Å²) in [5.74, 6) is -1.09. The standard InChI is InChI=1S/C18H21NO4/c1-4-6-12-10-15-13(14(7-5-2)17(12)21)8-9-16(20)19(15)11(3)18(22)23/h4-5,10-11,21H,1-2,6-9H2,3H3,(H,22,23). The number of phenolic OH excluding ortho intramolecular Hbond substituents is 1. The highest BCUT2D eigenvalue weighted by Crippen LogP contribution is 2.39. The van der Waals surface area contributed by atoms with Crippen LogP contribution < -0.4 is 4.90 Å². The minimum atomic E-state index is -1.06. The Bertz CT molecular complexity index is 678. The molecule has 0 fully saturated rings. The fraction of sp³-hybridized carbons (Fsp3) is 0.333. The molecule has 1 aromatic rings. The van der Waals surface area contributed by atoms with Crippen molar-refractivity contribution in [1.29, 1.82) is 0 Å². The van der Waals surface area contributed by atoms with Gasteiger partial charge in [0.2, 0.25) is 5.91 Å². The monoisotopic (exact) mass is 315 g/mol. The highest BCUT2D eigenvalue weighted by Gasteiger charge is 2.34. The molecule has 1 aliphatic heterocycles. The molecular formula is C18H21NO4. The highest BCUT2D eigenvalue weighted by molar-refractivity contribution is 6.01. The minimum Gasteiger partial charge on any atom is -0.507 e. The van der Waals surface area contributed by atoms with Crippen molar-refractivity contribution in [2.24, 2.45) is 0 Å². The summed E-state index contributed by atoms with van der Waals surface area (Å²) < 4.78 is 0. The lowest BCUT2D eigenvalue weighted by Gasteiger charge is -2.34. The van der Waals surface area contributed by atoms with Gasteiger partial charge < -0.3 is 10.2 Å². The van der Waals surface area contributed by atoms with E-state index in [1.165, 1.54) is 11.8 Å². The number of fused-ring (bicyclic) bond motifs is 1. The second-order valence-corrected chi connectivity index (χ2v) is 5.62. The van der Waals surface area contributed by atoms with Gasteiger partial charge in [-0.25, -0.2) is 4.79 Å². The van der Waals surface area contributed by atoms with Gasteiger partial charge in [-0.05, 0) is 43.4 Å². The van der Waals surface area contributed by atoms with Crippen LogP contribution in [0.25, 0.3) is 0 Å². The number of benzene rings is 1. The summed E-state index contributed by atoms with van der Waals surface area (Å²) in [6.45, 7) is 8.88. The predicted octanol–water partition coefficient (Wildman–Crippen LogP) is 2.60. The molecular weight excluding hydrogens is 294 g/mol. The van der Waals surface area contributed by atoms with Crippen molar-refractivity contribution >= 4 is 17.6 Å². The molecule has 0 aliphatic carbocycles. The smallest absolute Gasteiger partial charge is 0.326 e. The lowest BCUT2D eigenvalue weighted by Crippen LogP contribution is -2.46. The fourth-order valence-electron chi connectivity index (χ4n) is 3.00. The number of aromatic hydroxyl groups is 1. The molecule has 0 spiro atoms. The molecule has 1 unspecified atom stereocenters. The largest absolute Gasteiger partial charge is 0.507 e. The summed E-state index contributed by atoms with van der Waals surface area (Å²) in [6, 6.07) is 0.745. The second kappa shape index (κ2) is 6.69. The SMILES string of the molecule is C=CCc1cc2c(c(CC=C)c1O)CCC(=O)N2C(C)C(=O)O. The Labute approximate surface area is 135 Å². The first-order chi connectivity index (χ1) is 10.9. The first-order valence-corrected chi connectivity index (χ1v) is 7.55. The number of carboxylic acid groups (broad SMARTS) is 1. The first-order valence-electron chi connectivity index (χ1n) is 7.55. The van der Waals surface area contributed by atoms with Gasteiger partial charge in [-0.3, -0.25) is 9.69 Å². The molecule has 0 saturated carbocycles. The average Bonchev–Trinajstić information content (AvgIpc) is 2.51. The molecule has 2 N–H and O–H groups in total. The minimum absolute atomic E-state index is 0.181. The van der Waals surface area contributed by atoms with Crippen LogP contribution in [0.4, 0.5) is 5.69 Å². The zero-order valence-corrected chi connectivity index (χ0v) is 13.2. The summed E-state index contributed by atoms with van der Waals surface area (Å²) in [7, 11) is 0. The fourth-order valence-corrected chi connectivity index (χ4v) is 3.00. The number of aliphatic carboxylic acids is 1. The van der Waals surface area contributed by atoms with Crippen molar-refractivity contribution < 1.29 is 19.8 Å². The number of carboxylic acids is 1. The Morgan fingerprint density at radius 2 is 2.00 bits per heavy atom. The van der Waals surface area contributed by atoms with Gasteiger partial charge in [-0.15, -0.1) is 13.2 Å². The first kappa shape index (κ1) is 16.8. The van der Waals surface area contributed by atoms with Gasteiger partial charge in [0.05, 0.1) is 0 Å². The second-order valence-electron chi connectivity index (χ2n) is 5.62. The summed E-state index contributed by atoms with van der Waals surface area (Å²) in [5, 5.41) is 19.8. The average molecular weight is 315 g/mol. The Balaban J connectivity index is 2.69. The van der Waals surface area contributed by atoms with Crippen LogP contribution in [0.15, 0.2) is 31.4 Å². The van der Waals surface area contributed by atoms with E-state index in [2.05, 4.69) is 13.2 Å². The highest BCUT2D eigenvalue weighted by atomic mass is 16.4. The molecule has 1 amide bonds. The topological polar surface area (TPSA) is 77.8 Å². The lowest BCUT2D eigenvalue weighted by molar-refractivity contribution is -0.139. The molecule has 23 heavy (non-hydrogen) atoms. The normalized spacial score (nSPS) is 15.0. The van der Waals surface area contributed by atoms with Gasteiger partial charge in [0.25, 0.3) is 0 Å². The summed E-state index contributed by atoms with van der Waals surface area (Å²) in [6.07, 6.45) is 4.97. The zero-order chi connectivity index (χ0) is 17.1. The number of phenols is 1. The van der Waals surface area contributed by atoms with Gasteiger partial charge >= 0.3 is 5.97 Å². The predicted molar refractivity (Wildman–Crippen MR) is 88.8 cm³/mol. The number of hydrogen-bond acceptors (Lipinski definition) is 3. The van der Waals surface area contributed by atoms with E-state index < -0.39 is 12.0 Å². The zero-order valence-electron chi connectivity index (χ0n) is 13.2. The summed E-state index contributed by atoms with van der Waals surface area (Å²) in [4.78, 5) is 25.0. The van der Waals surface area contributed by atoms with Crippen molar-refractivity contribution in [3.8, 4) is 5.75 Å². The summed E-state index contributed by atoms with van der Waals surface area (Å²) >= 11 is 0. The number of amides is 1. The molecule has 1 aromatic carbocycles. The molecule has 2 rings (SSSR count). The van der Waals surface area contributed by atoms with Crippen LogP contribution in [-0.2, 0) is 28.9 Å². The van der Waals surface area contributed by atoms with Crippen LogP contribution in [-0.4, -0.2) is 28.1 Å². The van der Waals surface area contributed by atoms with E-state index in [0.29, 0.717) is 36.1 Å². The molecule has 5 heteroatoms. The molecule has 5 nitrogen and oxygen atoms in total. The van der Waals surface area contributed by atoms with Crippen molar-refractivity contribution in [1.82, 2.24) is 0 Å². The Morgan fingerprint density at radius 1 is 1.35 bits per heavy atom. The quantitative estimate of drug-likeness (QED) is 0.791. The molecule has 0 aromatic heterocycles. The number of carbonyl (C=O) groups excluding carboxylic acids is 1. The van der Waals surface area contributed by atoms with Gasteiger partial charge in [0.1, 0.15) is 11.8 Å². The van der Waals surface area contributed by atoms with Gasteiger partial charge in [0.15, 0.2) is 0 Å². The Morgan fingerprint density at radius 3 is 2.57 bits per heavy atom. The van der Waals surface area contributed by atoms with Crippen LogP contribution in [0.2, 0.25) is 0 Å². The van der Waals surface area contributed by atoms with E-state index in [4.69, 9.17) is 0 Å². The van der Waals surface area contributed by atoms with Crippen molar-refractivity contribution in [3.63, 3.8) is 0 Å². The van der Waals surface area contributed by atoms with E-state index in [-0.39, 0.29) is 18.1 Å². The third-order valence-electron chi connectivity index (χ3n) is 4.15.